The van der Waals surface area contributed by atoms with Crippen molar-refractivity contribution in [1.82, 2.24) is 19.6 Å². The van der Waals surface area contributed by atoms with Crippen molar-refractivity contribution in [3.63, 3.8) is 0 Å². The summed E-state index contributed by atoms with van der Waals surface area (Å²) in [5, 5.41) is 4.98. The summed E-state index contributed by atoms with van der Waals surface area (Å²) in [5.74, 6) is 0.243. The SMILES string of the molecule is O=c1[nH]c(SC/C=C/Cl)nc2c(-c3ccc(F)cc3)c(C3CCCCO3)nn12. The predicted octanol–water partition coefficient (Wildman–Crippen LogP) is 4.31. The van der Waals surface area contributed by atoms with E-state index in [-0.39, 0.29) is 17.6 Å². The molecule has 1 aliphatic rings. The summed E-state index contributed by atoms with van der Waals surface area (Å²) >= 11 is 6.91. The highest BCUT2D eigenvalue weighted by Crippen LogP contribution is 2.36. The fraction of sp³-hybridized carbons (Fsp3) is 0.316. The Hall–Kier alpha value is -2.16. The monoisotopic (exact) mass is 420 g/mol. The van der Waals surface area contributed by atoms with Gasteiger partial charge in [0.2, 0.25) is 0 Å². The highest BCUT2D eigenvalue weighted by atomic mass is 35.5. The third kappa shape index (κ3) is 3.85. The van der Waals surface area contributed by atoms with Gasteiger partial charge in [-0.15, -0.1) is 0 Å². The van der Waals surface area contributed by atoms with Crippen LogP contribution in [0.15, 0.2) is 45.8 Å². The van der Waals surface area contributed by atoms with Crippen LogP contribution in [0.25, 0.3) is 16.8 Å². The number of hydrogen-bond acceptors (Lipinski definition) is 5. The van der Waals surface area contributed by atoms with Crippen LogP contribution >= 0.6 is 23.4 Å². The highest BCUT2D eigenvalue weighted by Gasteiger charge is 2.27. The Bertz CT molecular complexity index is 1060. The molecule has 146 valence electrons. The van der Waals surface area contributed by atoms with E-state index in [9.17, 15) is 9.18 Å². The first-order chi connectivity index (χ1) is 13.7. The second-order valence-corrected chi connectivity index (χ2v) is 7.64. The molecule has 3 aromatic rings. The average Bonchev–Trinajstić information content (AvgIpc) is 3.10. The van der Waals surface area contributed by atoms with Crippen LogP contribution in [0.5, 0.6) is 0 Å². The van der Waals surface area contributed by atoms with Crippen LogP contribution in [0.4, 0.5) is 4.39 Å². The van der Waals surface area contributed by atoms with Crippen LogP contribution < -0.4 is 5.69 Å². The minimum atomic E-state index is -0.382. The summed E-state index contributed by atoms with van der Waals surface area (Å²) in [6.07, 6.45) is 4.39. The van der Waals surface area contributed by atoms with Gasteiger partial charge in [0.25, 0.3) is 0 Å². The van der Waals surface area contributed by atoms with E-state index < -0.39 is 0 Å². The van der Waals surface area contributed by atoms with Gasteiger partial charge in [-0.2, -0.15) is 9.61 Å². The fourth-order valence-electron chi connectivity index (χ4n) is 3.25. The molecule has 6 nitrogen and oxygen atoms in total. The number of nitrogens with one attached hydrogen (secondary N) is 1. The van der Waals surface area contributed by atoms with Crippen molar-refractivity contribution in [2.75, 3.05) is 12.4 Å². The predicted molar refractivity (Wildman–Crippen MR) is 107 cm³/mol. The lowest BCUT2D eigenvalue weighted by Gasteiger charge is -2.21. The highest BCUT2D eigenvalue weighted by molar-refractivity contribution is 7.99. The molecule has 1 atom stereocenters. The Morgan fingerprint density at radius 1 is 1.36 bits per heavy atom. The van der Waals surface area contributed by atoms with E-state index in [0.29, 0.717) is 34.4 Å². The molecule has 0 saturated carbocycles. The zero-order valence-corrected chi connectivity index (χ0v) is 16.5. The lowest BCUT2D eigenvalue weighted by atomic mass is 9.99. The molecular formula is C19H18ClFN4O2S. The van der Waals surface area contributed by atoms with E-state index in [1.165, 1.54) is 33.9 Å². The van der Waals surface area contributed by atoms with Crippen LogP contribution in [0.3, 0.4) is 0 Å². The average molecular weight is 421 g/mol. The molecule has 1 fully saturated rings. The molecule has 0 spiro atoms. The molecule has 9 heteroatoms. The molecule has 1 unspecified atom stereocenters. The van der Waals surface area contributed by atoms with Crippen molar-refractivity contribution in [2.24, 2.45) is 0 Å². The van der Waals surface area contributed by atoms with E-state index in [1.807, 2.05) is 0 Å². The number of rotatable bonds is 5. The van der Waals surface area contributed by atoms with Gasteiger partial charge in [0.1, 0.15) is 17.6 Å². The molecule has 0 bridgehead atoms. The Kier molecular flexibility index (Phi) is 5.79. The molecule has 0 aliphatic carbocycles. The maximum atomic E-state index is 13.5. The van der Waals surface area contributed by atoms with E-state index >= 15 is 0 Å². The van der Waals surface area contributed by atoms with Gasteiger partial charge in [0.15, 0.2) is 10.8 Å². The molecule has 2 aromatic heterocycles. The van der Waals surface area contributed by atoms with Gasteiger partial charge in [-0.05, 0) is 37.0 Å². The molecule has 3 heterocycles. The van der Waals surface area contributed by atoms with Gasteiger partial charge in [-0.1, -0.05) is 41.6 Å². The van der Waals surface area contributed by atoms with Gasteiger partial charge in [0, 0.05) is 17.9 Å². The van der Waals surface area contributed by atoms with Gasteiger partial charge in [0.05, 0.1) is 5.56 Å². The van der Waals surface area contributed by atoms with E-state index in [1.54, 1.807) is 18.2 Å². The number of fused-ring (bicyclic) bond motifs is 1. The van der Waals surface area contributed by atoms with Crippen molar-refractivity contribution in [2.45, 2.75) is 30.5 Å². The Morgan fingerprint density at radius 3 is 2.89 bits per heavy atom. The maximum absolute atomic E-state index is 13.5. The summed E-state index contributed by atoms with van der Waals surface area (Å²) in [5.41, 5.74) is 3.57. The first-order valence-electron chi connectivity index (χ1n) is 8.96. The van der Waals surface area contributed by atoms with Gasteiger partial charge < -0.3 is 4.74 Å². The van der Waals surface area contributed by atoms with Crippen LogP contribution in [0, 0.1) is 5.82 Å². The summed E-state index contributed by atoms with van der Waals surface area (Å²) in [6.45, 7) is 0.650. The normalized spacial score (nSPS) is 17.6. The number of halogens is 2. The number of thioether (sulfide) groups is 1. The summed E-state index contributed by atoms with van der Waals surface area (Å²) in [7, 11) is 0. The number of H-pyrrole nitrogens is 1. The van der Waals surface area contributed by atoms with Crippen LogP contribution in [0.1, 0.15) is 31.1 Å². The molecule has 0 amide bonds. The first-order valence-corrected chi connectivity index (χ1v) is 10.4. The van der Waals surface area contributed by atoms with Gasteiger partial charge in [-0.25, -0.2) is 14.2 Å². The number of benzene rings is 1. The molecule has 1 saturated heterocycles. The number of hydrogen-bond donors (Lipinski definition) is 1. The van der Waals surface area contributed by atoms with E-state index in [0.717, 1.165) is 24.8 Å². The van der Waals surface area contributed by atoms with Crippen molar-refractivity contribution in [3.8, 4) is 11.1 Å². The summed E-state index contributed by atoms with van der Waals surface area (Å²) in [6, 6.07) is 6.12. The minimum absolute atomic E-state index is 0.217. The molecule has 0 radical (unpaired) electrons. The van der Waals surface area contributed by atoms with E-state index in [2.05, 4.69) is 15.1 Å². The fourth-order valence-corrected chi connectivity index (χ4v) is 4.10. The van der Waals surface area contributed by atoms with Crippen LogP contribution in [-0.4, -0.2) is 31.9 Å². The first kappa shape index (κ1) is 19.2. The Labute approximate surface area is 169 Å². The smallest absolute Gasteiger partial charge is 0.350 e. The molecule has 4 rings (SSSR count). The largest absolute Gasteiger partial charge is 0.372 e. The standard InChI is InChI=1S/C19H18ClFN4O2S/c20-9-3-11-28-18-22-17-15(12-5-7-13(21)8-6-12)16(14-4-1-2-10-27-14)24-25(17)19(26)23-18/h3,5-9,14H,1-2,4,10-11H2,(H,22,23,26)/b9-3+. The second-order valence-electron chi connectivity index (χ2n) is 6.38. The van der Waals surface area contributed by atoms with Crippen LogP contribution in [0.2, 0.25) is 0 Å². The Morgan fingerprint density at radius 2 is 2.18 bits per heavy atom. The lowest BCUT2D eigenvalue weighted by Crippen LogP contribution is -2.20. The van der Waals surface area contributed by atoms with Gasteiger partial charge >= 0.3 is 5.69 Å². The molecular weight excluding hydrogens is 403 g/mol. The molecule has 1 N–H and O–H groups in total. The summed E-state index contributed by atoms with van der Waals surface area (Å²) < 4.78 is 20.6. The number of nitrogens with zero attached hydrogens (tertiary/aromatic N) is 3. The number of aromatic nitrogens is 4. The van der Waals surface area contributed by atoms with Gasteiger partial charge in [-0.3, -0.25) is 4.98 Å². The molecule has 1 aromatic carbocycles. The van der Waals surface area contributed by atoms with E-state index in [4.69, 9.17) is 16.3 Å². The topological polar surface area (TPSA) is 72.3 Å². The van der Waals surface area contributed by atoms with Crippen molar-refractivity contribution < 1.29 is 9.13 Å². The number of ether oxygens (including phenoxy) is 1. The van der Waals surface area contributed by atoms with Crippen molar-refractivity contribution in [3.05, 3.63) is 57.9 Å². The maximum Gasteiger partial charge on any atom is 0.350 e. The van der Waals surface area contributed by atoms with Crippen LogP contribution in [-0.2, 0) is 4.74 Å². The molecule has 1 aliphatic heterocycles. The zero-order chi connectivity index (χ0) is 19.5. The Balaban J connectivity index is 1.89. The summed E-state index contributed by atoms with van der Waals surface area (Å²) in [4.78, 5) is 19.9. The lowest BCUT2D eigenvalue weighted by molar-refractivity contribution is 0.0125. The van der Waals surface area contributed by atoms with Crippen molar-refractivity contribution >= 4 is 29.0 Å². The van der Waals surface area contributed by atoms with Crippen molar-refractivity contribution in [1.29, 1.82) is 0 Å². The second kappa shape index (κ2) is 8.46. The third-order valence-corrected chi connectivity index (χ3v) is 5.53. The molecule has 28 heavy (non-hydrogen) atoms. The number of aromatic amines is 1. The quantitative estimate of drug-likeness (QED) is 0.622. The zero-order valence-electron chi connectivity index (χ0n) is 14.9. The minimum Gasteiger partial charge on any atom is -0.372 e. The third-order valence-electron chi connectivity index (χ3n) is 4.52.